The molecule has 1 aliphatic rings. The topological polar surface area (TPSA) is 84.7 Å². The number of hydrogen-bond acceptors (Lipinski definition) is 5. The smallest absolute Gasteiger partial charge is 0.410 e. The summed E-state index contributed by atoms with van der Waals surface area (Å²) in [5.41, 5.74) is 4.23. The highest BCUT2D eigenvalue weighted by Crippen LogP contribution is 2.33. The summed E-state index contributed by atoms with van der Waals surface area (Å²) >= 11 is 0. The number of pyridine rings is 1. The van der Waals surface area contributed by atoms with Gasteiger partial charge in [-0.1, -0.05) is 17.7 Å². The van der Waals surface area contributed by atoms with Crippen LogP contribution in [0.2, 0.25) is 0 Å². The van der Waals surface area contributed by atoms with Crippen LogP contribution in [0.4, 0.5) is 4.79 Å². The molecule has 0 bridgehead atoms. The van der Waals surface area contributed by atoms with E-state index in [9.17, 15) is 14.7 Å². The van der Waals surface area contributed by atoms with Crippen molar-refractivity contribution >= 4 is 22.9 Å². The Kier molecular flexibility index (Phi) is 5.54. The van der Waals surface area contributed by atoms with Crippen LogP contribution in [0.5, 0.6) is 0 Å². The van der Waals surface area contributed by atoms with Crippen molar-refractivity contribution in [2.75, 3.05) is 6.54 Å². The Morgan fingerprint density at radius 2 is 1.91 bits per heavy atom. The number of aryl methyl sites for hydroxylation is 2. The van der Waals surface area contributed by atoms with E-state index in [-0.39, 0.29) is 6.09 Å². The van der Waals surface area contributed by atoms with Crippen molar-refractivity contribution in [3.63, 3.8) is 0 Å². The Labute approximate surface area is 187 Å². The lowest BCUT2D eigenvalue weighted by Crippen LogP contribution is -2.40. The predicted molar refractivity (Wildman–Crippen MR) is 122 cm³/mol. The Morgan fingerprint density at radius 1 is 1.16 bits per heavy atom. The van der Waals surface area contributed by atoms with Gasteiger partial charge >= 0.3 is 6.09 Å². The highest BCUT2D eigenvalue weighted by atomic mass is 16.6. The second kappa shape index (κ2) is 8.06. The van der Waals surface area contributed by atoms with Crippen molar-refractivity contribution in [2.24, 2.45) is 0 Å². The standard InChI is InChI=1S/C25H29N3O4/c1-15-6-9-20-18(12-15)19-14-27(24(31)32-25(3,4)5)11-10-21(19)28(20)23(30)22(29)17-8-7-16(2)26-13-17/h6-9,12-13,22,29H,10-11,14H2,1-5H3. The van der Waals surface area contributed by atoms with E-state index in [1.54, 1.807) is 21.6 Å². The van der Waals surface area contributed by atoms with Crippen molar-refractivity contribution in [3.8, 4) is 0 Å². The Balaban J connectivity index is 1.75. The first-order chi connectivity index (χ1) is 15.0. The fraction of sp³-hybridized carbons (Fsp3) is 0.400. The average Bonchev–Trinajstić information content (AvgIpc) is 3.05. The summed E-state index contributed by atoms with van der Waals surface area (Å²) in [6.07, 6.45) is 0.332. The molecular formula is C25H29N3O4. The van der Waals surface area contributed by atoms with Gasteiger partial charge in [-0.3, -0.25) is 14.3 Å². The van der Waals surface area contributed by atoms with Gasteiger partial charge in [0.1, 0.15) is 5.60 Å². The van der Waals surface area contributed by atoms with Gasteiger partial charge < -0.3 is 14.7 Å². The molecular weight excluding hydrogens is 406 g/mol. The number of hydrogen-bond donors (Lipinski definition) is 1. The Hall–Kier alpha value is -3.19. The fourth-order valence-electron chi connectivity index (χ4n) is 4.11. The van der Waals surface area contributed by atoms with Gasteiger partial charge in [-0.15, -0.1) is 0 Å². The number of aromatic nitrogens is 2. The van der Waals surface area contributed by atoms with Gasteiger partial charge in [0.15, 0.2) is 6.10 Å². The Morgan fingerprint density at radius 3 is 2.56 bits per heavy atom. The summed E-state index contributed by atoms with van der Waals surface area (Å²) in [7, 11) is 0. The molecule has 7 heteroatoms. The van der Waals surface area contributed by atoms with Crippen LogP contribution >= 0.6 is 0 Å². The molecule has 0 fully saturated rings. The van der Waals surface area contributed by atoms with Gasteiger partial charge in [0.05, 0.1) is 12.1 Å². The summed E-state index contributed by atoms with van der Waals surface area (Å²) in [5.74, 6) is -0.420. The van der Waals surface area contributed by atoms with E-state index in [4.69, 9.17) is 4.74 Å². The van der Waals surface area contributed by atoms with Gasteiger partial charge in [0.25, 0.3) is 5.91 Å². The number of carbonyl (C=O) groups excluding carboxylic acids is 2. The van der Waals surface area contributed by atoms with Gasteiger partial charge in [0.2, 0.25) is 0 Å². The number of ether oxygens (including phenoxy) is 1. The quantitative estimate of drug-likeness (QED) is 0.648. The van der Waals surface area contributed by atoms with E-state index in [1.807, 2.05) is 52.8 Å². The number of amides is 1. The molecule has 7 nitrogen and oxygen atoms in total. The summed E-state index contributed by atoms with van der Waals surface area (Å²) in [5, 5.41) is 11.8. The molecule has 0 aliphatic carbocycles. The van der Waals surface area contributed by atoms with E-state index in [0.717, 1.165) is 33.4 Å². The molecule has 3 aromatic rings. The lowest BCUT2D eigenvalue weighted by atomic mass is 10.0. The summed E-state index contributed by atoms with van der Waals surface area (Å²) in [4.78, 5) is 32.0. The number of carbonyl (C=O) groups is 2. The van der Waals surface area contributed by atoms with Crippen LogP contribution in [0.3, 0.4) is 0 Å². The minimum absolute atomic E-state index is 0.354. The van der Waals surface area contributed by atoms with Crippen molar-refractivity contribution in [2.45, 2.75) is 59.3 Å². The lowest BCUT2D eigenvalue weighted by molar-refractivity contribution is 0.0223. The minimum Gasteiger partial charge on any atom is -0.444 e. The van der Waals surface area contributed by atoms with E-state index < -0.39 is 17.6 Å². The van der Waals surface area contributed by atoms with Crippen LogP contribution < -0.4 is 0 Å². The molecule has 1 aliphatic heterocycles. The highest BCUT2D eigenvalue weighted by molar-refractivity contribution is 5.98. The van der Waals surface area contributed by atoms with Crippen LogP contribution in [0, 0.1) is 13.8 Å². The second-order valence-electron chi connectivity index (χ2n) is 9.41. The largest absolute Gasteiger partial charge is 0.444 e. The predicted octanol–water partition coefficient (Wildman–Crippen LogP) is 4.32. The van der Waals surface area contributed by atoms with Crippen LogP contribution in [0.15, 0.2) is 36.5 Å². The van der Waals surface area contributed by atoms with Crippen LogP contribution in [-0.2, 0) is 17.7 Å². The zero-order chi connectivity index (χ0) is 23.2. The van der Waals surface area contributed by atoms with Crippen molar-refractivity contribution < 1.29 is 19.4 Å². The molecule has 0 saturated heterocycles. The number of aliphatic hydroxyl groups excluding tert-OH is 1. The molecule has 1 N–H and O–H groups in total. The lowest BCUT2D eigenvalue weighted by Gasteiger charge is -2.30. The average molecular weight is 436 g/mol. The molecule has 0 spiro atoms. The first-order valence-electron chi connectivity index (χ1n) is 10.8. The monoisotopic (exact) mass is 435 g/mol. The summed E-state index contributed by atoms with van der Waals surface area (Å²) < 4.78 is 7.17. The molecule has 1 atom stereocenters. The van der Waals surface area contributed by atoms with Crippen molar-refractivity contribution in [1.82, 2.24) is 14.5 Å². The third-order valence-corrected chi connectivity index (χ3v) is 5.66. The second-order valence-corrected chi connectivity index (χ2v) is 9.41. The maximum atomic E-state index is 13.4. The van der Waals surface area contributed by atoms with Gasteiger partial charge in [-0.2, -0.15) is 0 Å². The normalized spacial score (nSPS) is 14.9. The number of aliphatic hydroxyl groups is 1. The molecule has 168 valence electrons. The number of rotatable bonds is 2. The molecule has 0 saturated carbocycles. The highest BCUT2D eigenvalue weighted by Gasteiger charge is 2.32. The van der Waals surface area contributed by atoms with E-state index >= 15 is 0 Å². The van der Waals surface area contributed by atoms with Crippen molar-refractivity contribution in [1.29, 1.82) is 0 Å². The fourth-order valence-corrected chi connectivity index (χ4v) is 4.11. The molecule has 32 heavy (non-hydrogen) atoms. The zero-order valence-electron chi connectivity index (χ0n) is 19.2. The molecule has 1 unspecified atom stereocenters. The zero-order valence-corrected chi connectivity index (χ0v) is 19.2. The summed E-state index contributed by atoms with van der Waals surface area (Å²) in [6, 6.07) is 9.37. The van der Waals surface area contributed by atoms with Crippen molar-refractivity contribution in [3.05, 3.63) is 64.6 Å². The van der Waals surface area contributed by atoms with E-state index in [2.05, 4.69) is 4.98 Å². The molecule has 2 aromatic heterocycles. The molecule has 1 amide bonds. The van der Waals surface area contributed by atoms with Gasteiger partial charge in [-0.25, -0.2) is 4.79 Å². The SMILES string of the molecule is Cc1ccc2c(c1)c1c(n2C(=O)C(O)c2ccc(C)nc2)CCN(C(=O)OC(C)(C)C)C1. The molecule has 0 radical (unpaired) electrons. The third-order valence-electron chi connectivity index (χ3n) is 5.66. The van der Waals surface area contributed by atoms with Crippen LogP contribution in [0.25, 0.3) is 10.9 Å². The van der Waals surface area contributed by atoms with Gasteiger partial charge in [0, 0.05) is 47.1 Å². The van der Waals surface area contributed by atoms with Crippen LogP contribution in [-0.4, -0.2) is 43.7 Å². The maximum absolute atomic E-state index is 13.4. The molecule has 3 heterocycles. The number of nitrogens with zero attached hydrogens (tertiary/aromatic N) is 3. The maximum Gasteiger partial charge on any atom is 0.410 e. The molecule has 1 aromatic carbocycles. The Bertz CT molecular complexity index is 1190. The van der Waals surface area contributed by atoms with E-state index in [1.165, 1.54) is 6.20 Å². The van der Waals surface area contributed by atoms with Gasteiger partial charge in [-0.05, 0) is 52.8 Å². The third kappa shape index (κ3) is 4.12. The minimum atomic E-state index is -1.33. The molecule has 4 rings (SSSR count). The van der Waals surface area contributed by atoms with Crippen LogP contribution in [0.1, 0.15) is 59.7 Å². The number of benzene rings is 1. The first kappa shape index (κ1) is 22.0. The summed E-state index contributed by atoms with van der Waals surface area (Å²) in [6.45, 7) is 10.2. The van der Waals surface area contributed by atoms with E-state index in [0.29, 0.717) is 25.1 Å². The first-order valence-corrected chi connectivity index (χ1v) is 10.8. The number of fused-ring (bicyclic) bond motifs is 3.